The van der Waals surface area contributed by atoms with Gasteiger partial charge in [-0.05, 0) is 33.1 Å². The van der Waals surface area contributed by atoms with Crippen LogP contribution in [0.15, 0.2) is 0 Å². The van der Waals surface area contributed by atoms with Gasteiger partial charge in [0.15, 0.2) is 0 Å². The van der Waals surface area contributed by atoms with Crippen LogP contribution in [-0.4, -0.2) is 30.9 Å². The number of esters is 2. The molecule has 1 aliphatic rings. The monoisotopic (exact) mass is 256 g/mol. The van der Waals surface area contributed by atoms with Crippen LogP contribution in [-0.2, 0) is 23.9 Å². The predicted octanol–water partition coefficient (Wildman–Crippen LogP) is 1.49. The molecule has 1 aliphatic carbocycles. The van der Waals surface area contributed by atoms with Crippen LogP contribution in [0.5, 0.6) is 0 Å². The zero-order valence-electron chi connectivity index (χ0n) is 10.9. The SMILES string of the molecule is CCOC(=O)CC[C@H]1CC[C@H](C(=O)OCC)C1=O. The lowest BCUT2D eigenvalue weighted by atomic mass is 9.98. The van der Waals surface area contributed by atoms with E-state index in [2.05, 4.69) is 0 Å². The minimum absolute atomic E-state index is 0.0854. The molecule has 1 fully saturated rings. The third-order valence-corrected chi connectivity index (χ3v) is 3.12. The van der Waals surface area contributed by atoms with Crippen molar-refractivity contribution >= 4 is 17.7 Å². The Morgan fingerprint density at radius 2 is 1.83 bits per heavy atom. The highest BCUT2D eigenvalue weighted by atomic mass is 16.5. The quantitative estimate of drug-likeness (QED) is 0.532. The summed E-state index contributed by atoms with van der Waals surface area (Å²) in [5.41, 5.74) is 0. The molecule has 18 heavy (non-hydrogen) atoms. The maximum absolute atomic E-state index is 11.9. The van der Waals surface area contributed by atoms with Gasteiger partial charge in [0.05, 0.1) is 13.2 Å². The second-order valence-electron chi connectivity index (χ2n) is 4.32. The van der Waals surface area contributed by atoms with Crippen molar-refractivity contribution < 1.29 is 23.9 Å². The van der Waals surface area contributed by atoms with E-state index in [1.165, 1.54) is 0 Å². The Hall–Kier alpha value is -1.39. The van der Waals surface area contributed by atoms with Crippen LogP contribution in [0.3, 0.4) is 0 Å². The normalized spacial score (nSPS) is 22.9. The van der Waals surface area contributed by atoms with E-state index in [4.69, 9.17) is 9.47 Å². The molecular formula is C13H20O5. The number of hydrogen-bond donors (Lipinski definition) is 0. The van der Waals surface area contributed by atoms with E-state index in [1.54, 1.807) is 13.8 Å². The van der Waals surface area contributed by atoms with Gasteiger partial charge in [-0.3, -0.25) is 14.4 Å². The second kappa shape index (κ2) is 7.13. The number of ketones is 1. The van der Waals surface area contributed by atoms with Crippen LogP contribution in [0.1, 0.15) is 39.5 Å². The number of ether oxygens (including phenoxy) is 2. The molecule has 1 saturated carbocycles. The molecule has 2 atom stereocenters. The Bertz CT molecular complexity index is 323. The molecule has 0 aromatic heterocycles. The van der Waals surface area contributed by atoms with Crippen molar-refractivity contribution in [2.45, 2.75) is 39.5 Å². The van der Waals surface area contributed by atoms with Crippen LogP contribution in [0.2, 0.25) is 0 Å². The Labute approximate surface area is 107 Å². The number of rotatable bonds is 6. The van der Waals surface area contributed by atoms with Crippen molar-refractivity contribution in [3.05, 3.63) is 0 Å². The first-order valence-electron chi connectivity index (χ1n) is 6.46. The minimum Gasteiger partial charge on any atom is -0.466 e. The molecule has 5 nitrogen and oxygen atoms in total. The third-order valence-electron chi connectivity index (χ3n) is 3.12. The van der Waals surface area contributed by atoms with E-state index in [0.29, 0.717) is 25.9 Å². The van der Waals surface area contributed by atoms with Gasteiger partial charge in [0, 0.05) is 12.3 Å². The largest absolute Gasteiger partial charge is 0.466 e. The van der Waals surface area contributed by atoms with Gasteiger partial charge in [0.1, 0.15) is 11.7 Å². The summed E-state index contributed by atoms with van der Waals surface area (Å²) in [7, 11) is 0. The smallest absolute Gasteiger partial charge is 0.316 e. The molecule has 102 valence electrons. The number of hydrogen-bond acceptors (Lipinski definition) is 5. The molecule has 0 N–H and O–H groups in total. The molecule has 0 aliphatic heterocycles. The zero-order valence-corrected chi connectivity index (χ0v) is 10.9. The van der Waals surface area contributed by atoms with E-state index in [-0.39, 0.29) is 30.7 Å². The van der Waals surface area contributed by atoms with E-state index < -0.39 is 11.9 Å². The molecule has 1 rings (SSSR count). The highest BCUT2D eigenvalue weighted by Gasteiger charge is 2.39. The Kier molecular flexibility index (Phi) is 5.82. The van der Waals surface area contributed by atoms with Crippen LogP contribution < -0.4 is 0 Å². The molecule has 0 bridgehead atoms. The maximum Gasteiger partial charge on any atom is 0.316 e. The highest BCUT2D eigenvalue weighted by Crippen LogP contribution is 2.31. The van der Waals surface area contributed by atoms with Gasteiger partial charge in [0.25, 0.3) is 0 Å². The maximum atomic E-state index is 11.9. The Balaban J connectivity index is 2.40. The Morgan fingerprint density at radius 3 is 2.44 bits per heavy atom. The fourth-order valence-electron chi connectivity index (χ4n) is 2.23. The molecule has 0 heterocycles. The van der Waals surface area contributed by atoms with Gasteiger partial charge in [0.2, 0.25) is 0 Å². The van der Waals surface area contributed by atoms with Crippen molar-refractivity contribution in [3.63, 3.8) is 0 Å². The van der Waals surface area contributed by atoms with E-state index in [9.17, 15) is 14.4 Å². The molecule has 0 unspecified atom stereocenters. The van der Waals surface area contributed by atoms with Crippen molar-refractivity contribution in [1.29, 1.82) is 0 Å². The summed E-state index contributed by atoms with van der Waals surface area (Å²) in [6.45, 7) is 4.10. The second-order valence-corrected chi connectivity index (χ2v) is 4.32. The van der Waals surface area contributed by atoms with Gasteiger partial charge in [-0.25, -0.2) is 0 Å². The van der Waals surface area contributed by atoms with Crippen LogP contribution in [0.25, 0.3) is 0 Å². The lowest BCUT2D eigenvalue weighted by Crippen LogP contribution is -2.24. The molecule has 0 radical (unpaired) electrons. The first-order valence-corrected chi connectivity index (χ1v) is 6.46. The van der Waals surface area contributed by atoms with Crippen molar-refractivity contribution in [2.75, 3.05) is 13.2 Å². The van der Waals surface area contributed by atoms with Gasteiger partial charge < -0.3 is 9.47 Å². The minimum atomic E-state index is -0.628. The first-order chi connectivity index (χ1) is 8.60. The molecule has 0 spiro atoms. The predicted molar refractivity (Wildman–Crippen MR) is 63.7 cm³/mol. The van der Waals surface area contributed by atoms with Gasteiger partial charge in [-0.2, -0.15) is 0 Å². The number of Topliss-reactive ketones (excluding diaryl/α,β-unsaturated/α-hetero) is 1. The van der Waals surface area contributed by atoms with E-state index in [1.807, 2.05) is 0 Å². The summed E-state index contributed by atoms with van der Waals surface area (Å²) in [5, 5.41) is 0. The highest BCUT2D eigenvalue weighted by molar-refractivity contribution is 6.01. The summed E-state index contributed by atoms with van der Waals surface area (Å²) in [5.74, 6) is -1.63. The van der Waals surface area contributed by atoms with Crippen LogP contribution in [0.4, 0.5) is 0 Å². The molecule has 0 aromatic carbocycles. The first kappa shape index (κ1) is 14.7. The standard InChI is InChI=1S/C13H20O5/c1-3-17-11(14)8-6-9-5-7-10(12(9)15)13(16)18-4-2/h9-10H,3-8H2,1-2H3/t9-,10+/m1/s1. The molecule has 0 amide bonds. The molecule has 0 aromatic rings. The zero-order chi connectivity index (χ0) is 13.5. The lowest BCUT2D eigenvalue weighted by molar-refractivity contribution is -0.150. The van der Waals surface area contributed by atoms with Crippen molar-refractivity contribution in [3.8, 4) is 0 Å². The number of carbonyl (C=O) groups excluding carboxylic acids is 3. The van der Waals surface area contributed by atoms with Gasteiger partial charge in [-0.15, -0.1) is 0 Å². The molecular weight excluding hydrogens is 236 g/mol. The van der Waals surface area contributed by atoms with Crippen molar-refractivity contribution in [2.24, 2.45) is 11.8 Å². The third kappa shape index (κ3) is 3.82. The lowest BCUT2D eigenvalue weighted by Gasteiger charge is -2.09. The van der Waals surface area contributed by atoms with Crippen LogP contribution in [0, 0.1) is 11.8 Å². The summed E-state index contributed by atoms with van der Waals surface area (Å²) < 4.78 is 9.67. The Morgan fingerprint density at radius 1 is 1.17 bits per heavy atom. The fourth-order valence-corrected chi connectivity index (χ4v) is 2.23. The molecule has 5 heteroatoms. The average Bonchev–Trinajstić information content (AvgIpc) is 2.69. The topological polar surface area (TPSA) is 69.7 Å². The van der Waals surface area contributed by atoms with E-state index >= 15 is 0 Å². The summed E-state index contributed by atoms with van der Waals surface area (Å²) in [6, 6.07) is 0. The van der Waals surface area contributed by atoms with Gasteiger partial charge >= 0.3 is 11.9 Å². The van der Waals surface area contributed by atoms with Crippen molar-refractivity contribution in [1.82, 2.24) is 0 Å². The summed E-state index contributed by atoms with van der Waals surface area (Å²) in [4.78, 5) is 34.6. The summed E-state index contributed by atoms with van der Waals surface area (Å²) in [6.07, 6.45) is 1.89. The van der Waals surface area contributed by atoms with Crippen LogP contribution >= 0.6 is 0 Å². The van der Waals surface area contributed by atoms with E-state index in [0.717, 1.165) is 0 Å². The summed E-state index contributed by atoms with van der Waals surface area (Å²) >= 11 is 0. The number of carbonyl (C=O) groups is 3. The molecule has 0 saturated heterocycles. The fraction of sp³-hybridized carbons (Fsp3) is 0.769. The van der Waals surface area contributed by atoms with Gasteiger partial charge in [-0.1, -0.05) is 0 Å². The average molecular weight is 256 g/mol.